The van der Waals surface area contributed by atoms with Crippen LogP contribution in [0.4, 0.5) is 0 Å². The Kier molecular flexibility index (Phi) is 2.20. The van der Waals surface area contributed by atoms with Gasteiger partial charge in [-0.25, -0.2) is 0 Å². The lowest BCUT2D eigenvalue weighted by Gasteiger charge is -2.01. The van der Waals surface area contributed by atoms with Crippen LogP contribution in [0.5, 0.6) is 11.5 Å². The molecule has 0 aliphatic heterocycles. The van der Waals surface area contributed by atoms with Crippen molar-refractivity contribution < 1.29 is 9.15 Å². The average Bonchev–Trinajstić information content (AvgIpc) is 2.71. The van der Waals surface area contributed by atoms with Crippen molar-refractivity contribution in [2.45, 2.75) is 0 Å². The second-order valence-corrected chi connectivity index (χ2v) is 2.70. The molecule has 2 rings (SSSR count). The maximum Gasteiger partial charge on any atom is 0.165 e. The third-order valence-electron chi connectivity index (χ3n) is 1.69. The molecule has 0 aliphatic carbocycles. The zero-order valence-corrected chi connectivity index (χ0v) is 7.31. The number of rotatable bonds is 2. The molecule has 1 aromatic carbocycles. The molecule has 0 atom stereocenters. The average molecular weight is 185 g/mol. The highest BCUT2D eigenvalue weighted by Gasteiger charge is 1.98. The molecule has 0 bridgehead atoms. The summed E-state index contributed by atoms with van der Waals surface area (Å²) >= 11 is 0. The van der Waals surface area contributed by atoms with Crippen LogP contribution in [0, 0.1) is 11.3 Å². The first-order valence-corrected chi connectivity index (χ1v) is 4.09. The van der Waals surface area contributed by atoms with Gasteiger partial charge in [-0.1, -0.05) is 6.07 Å². The lowest BCUT2D eigenvalue weighted by atomic mass is 10.2. The zero-order valence-electron chi connectivity index (χ0n) is 7.31. The Morgan fingerprint density at radius 1 is 1.21 bits per heavy atom. The Morgan fingerprint density at radius 3 is 2.86 bits per heavy atom. The number of nitriles is 1. The van der Waals surface area contributed by atoms with Gasteiger partial charge in [0, 0.05) is 6.07 Å². The molecule has 0 aliphatic rings. The summed E-state index contributed by atoms with van der Waals surface area (Å²) in [5.41, 5.74) is 0.575. The van der Waals surface area contributed by atoms with Crippen LogP contribution in [0.25, 0.3) is 0 Å². The van der Waals surface area contributed by atoms with Gasteiger partial charge in [0.25, 0.3) is 0 Å². The van der Waals surface area contributed by atoms with Gasteiger partial charge < -0.3 is 9.15 Å². The van der Waals surface area contributed by atoms with Crippen molar-refractivity contribution in [3.63, 3.8) is 0 Å². The van der Waals surface area contributed by atoms with Gasteiger partial charge in [0.05, 0.1) is 17.9 Å². The molecule has 0 saturated carbocycles. The van der Waals surface area contributed by atoms with Crippen molar-refractivity contribution >= 4 is 0 Å². The molecular formula is C11H7NO2. The highest BCUT2D eigenvalue weighted by molar-refractivity contribution is 5.38. The summed E-state index contributed by atoms with van der Waals surface area (Å²) in [7, 11) is 0. The largest absolute Gasteiger partial charge is 0.469 e. The number of furan rings is 1. The van der Waals surface area contributed by atoms with E-state index in [0.717, 1.165) is 0 Å². The smallest absolute Gasteiger partial charge is 0.165 e. The third-order valence-corrected chi connectivity index (χ3v) is 1.69. The molecule has 0 radical (unpaired) electrons. The zero-order chi connectivity index (χ0) is 9.80. The summed E-state index contributed by atoms with van der Waals surface area (Å²) in [6.45, 7) is 0. The predicted molar refractivity (Wildman–Crippen MR) is 49.9 cm³/mol. The Labute approximate surface area is 81.2 Å². The quantitative estimate of drug-likeness (QED) is 0.722. The third kappa shape index (κ3) is 1.75. The highest BCUT2D eigenvalue weighted by atomic mass is 16.5. The molecule has 0 spiro atoms. The van der Waals surface area contributed by atoms with E-state index in [4.69, 9.17) is 14.4 Å². The summed E-state index contributed by atoms with van der Waals surface area (Å²) in [5.74, 6) is 1.26. The molecule has 1 aromatic heterocycles. The van der Waals surface area contributed by atoms with E-state index in [1.165, 1.54) is 12.5 Å². The van der Waals surface area contributed by atoms with Crippen molar-refractivity contribution in [2.75, 3.05) is 0 Å². The molecule has 0 amide bonds. The van der Waals surface area contributed by atoms with E-state index in [0.29, 0.717) is 17.1 Å². The summed E-state index contributed by atoms with van der Waals surface area (Å²) in [6.07, 6.45) is 3.03. The van der Waals surface area contributed by atoms with Crippen LogP contribution in [0.3, 0.4) is 0 Å². The second-order valence-electron chi connectivity index (χ2n) is 2.70. The fraction of sp³-hybridized carbons (Fsp3) is 0. The summed E-state index contributed by atoms with van der Waals surface area (Å²) in [5, 5.41) is 8.66. The van der Waals surface area contributed by atoms with Gasteiger partial charge in [-0.3, -0.25) is 0 Å². The van der Waals surface area contributed by atoms with E-state index >= 15 is 0 Å². The number of hydrogen-bond acceptors (Lipinski definition) is 3. The Balaban J connectivity index is 2.22. The molecule has 3 heteroatoms. The van der Waals surface area contributed by atoms with Crippen LogP contribution in [0.15, 0.2) is 47.3 Å². The molecule has 1 heterocycles. The fourth-order valence-corrected chi connectivity index (χ4v) is 1.08. The topological polar surface area (TPSA) is 46.2 Å². The van der Waals surface area contributed by atoms with Gasteiger partial charge >= 0.3 is 0 Å². The second kappa shape index (κ2) is 3.67. The van der Waals surface area contributed by atoms with Crippen molar-refractivity contribution in [1.29, 1.82) is 5.26 Å². The number of nitrogens with zero attached hydrogens (tertiary/aromatic N) is 1. The lowest BCUT2D eigenvalue weighted by Crippen LogP contribution is -1.82. The molecule has 0 unspecified atom stereocenters. The van der Waals surface area contributed by atoms with Crippen molar-refractivity contribution in [2.24, 2.45) is 0 Å². The van der Waals surface area contributed by atoms with E-state index < -0.39 is 0 Å². The van der Waals surface area contributed by atoms with Gasteiger partial charge in [-0.15, -0.1) is 0 Å². The lowest BCUT2D eigenvalue weighted by molar-refractivity contribution is 0.466. The molecule has 3 nitrogen and oxygen atoms in total. The van der Waals surface area contributed by atoms with E-state index in [1.807, 2.05) is 6.07 Å². The normalized spacial score (nSPS) is 9.36. The molecule has 0 N–H and O–H groups in total. The van der Waals surface area contributed by atoms with Gasteiger partial charge in [-0.05, 0) is 18.2 Å². The van der Waals surface area contributed by atoms with Gasteiger partial charge in [-0.2, -0.15) is 5.26 Å². The molecule has 2 aromatic rings. The van der Waals surface area contributed by atoms with E-state index in [2.05, 4.69) is 0 Å². The minimum absolute atomic E-state index is 0.575. The summed E-state index contributed by atoms with van der Waals surface area (Å²) in [6, 6.07) is 10.7. The fourth-order valence-electron chi connectivity index (χ4n) is 1.08. The summed E-state index contributed by atoms with van der Waals surface area (Å²) in [4.78, 5) is 0. The SMILES string of the molecule is N#Cc1cccc(Oc2ccoc2)c1. The van der Waals surface area contributed by atoms with Crippen LogP contribution in [-0.4, -0.2) is 0 Å². The maximum atomic E-state index is 8.66. The Hall–Kier alpha value is -2.21. The Morgan fingerprint density at radius 2 is 2.14 bits per heavy atom. The first-order valence-electron chi connectivity index (χ1n) is 4.09. The van der Waals surface area contributed by atoms with E-state index in [-0.39, 0.29) is 0 Å². The van der Waals surface area contributed by atoms with Crippen LogP contribution < -0.4 is 4.74 Å². The molecule has 68 valence electrons. The number of hydrogen-bond donors (Lipinski definition) is 0. The Bertz CT molecular complexity index is 454. The number of ether oxygens (including phenoxy) is 1. The number of benzene rings is 1. The maximum absolute atomic E-state index is 8.66. The highest BCUT2D eigenvalue weighted by Crippen LogP contribution is 2.21. The molecule has 0 fully saturated rings. The summed E-state index contributed by atoms with van der Waals surface area (Å²) < 4.78 is 10.3. The van der Waals surface area contributed by atoms with Gasteiger partial charge in [0.2, 0.25) is 0 Å². The first-order chi connectivity index (χ1) is 6.88. The van der Waals surface area contributed by atoms with Gasteiger partial charge in [0.15, 0.2) is 5.75 Å². The van der Waals surface area contributed by atoms with Crippen LogP contribution in [-0.2, 0) is 0 Å². The van der Waals surface area contributed by atoms with Crippen LogP contribution in [0.2, 0.25) is 0 Å². The van der Waals surface area contributed by atoms with E-state index in [1.54, 1.807) is 30.3 Å². The minimum atomic E-state index is 0.575. The predicted octanol–water partition coefficient (Wildman–Crippen LogP) is 2.94. The molecular weight excluding hydrogens is 178 g/mol. The van der Waals surface area contributed by atoms with Crippen molar-refractivity contribution in [3.8, 4) is 17.6 Å². The van der Waals surface area contributed by atoms with Crippen molar-refractivity contribution in [1.82, 2.24) is 0 Å². The van der Waals surface area contributed by atoms with Gasteiger partial charge in [0.1, 0.15) is 12.0 Å². The molecule has 14 heavy (non-hydrogen) atoms. The van der Waals surface area contributed by atoms with Crippen LogP contribution >= 0.6 is 0 Å². The minimum Gasteiger partial charge on any atom is -0.469 e. The van der Waals surface area contributed by atoms with Crippen LogP contribution in [0.1, 0.15) is 5.56 Å². The monoisotopic (exact) mass is 185 g/mol. The van der Waals surface area contributed by atoms with E-state index in [9.17, 15) is 0 Å². The standard InChI is InChI=1S/C11H7NO2/c12-7-9-2-1-3-10(6-9)14-11-4-5-13-8-11/h1-6,8H. The first kappa shape index (κ1) is 8.39. The molecule has 0 saturated heterocycles. The van der Waals surface area contributed by atoms with Crippen molar-refractivity contribution in [3.05, 3.63) is 48.4 Å².